The summed E-state index contributed by atoms with van der Waals surface area (Å²) < 4.78 is 38.2. The van der Waals surface area contributed by atoms with Crippen LogP contribution in [0.5, 0.6) is 0 Å². The lowest BCUT2D eigenvalue weighted by molar-refractivity contribution is -0.137. The number of nitrogens with two attached hydrogens (primary N) is 1. The van der Waals surface area contributed by atoms with Crippen LogP contribution in [0.1, 0.15) is 11.1 Å². The van der Waals surface area contributed by atoms with Crippen molar-refractivity contribution in [2.45, 2.75) is 6.18 Å². The number of nitrogen functional groups attached to an aromatic ring is 1. The molecule has 1 heterocycles. The highest BCUT2D eigenvalue weighted by Gasteiger charge is 2.30. The molecule has 0 fully saturated rings. The zero-order valence-electron chi connectivity index (χ0n) is 12.9. The molecular weight excluding hydrogens is 327 g/mol. The second kappa shape index (κ2) is 6.29. The van der Waals surface area contributed by atoms with Crippen molar-refractivity contribution in [1.29, 1.82) is 5.26 Å². The summed E-state index contributed by atoms with van der Waals surface area (Å²) in [6.45, 7) is 0. The second-order valence-electron chi connectivity index (χ2n) is 5.37. The summed E-state index contributed by atoms with van der Waals surface area (Å²) in [5.41, 5.74) is 7.54. The van der Waals surface area contributed by atoms with Crippen LogP contribution in [0.3, 0.4) is 0 Å². The van der Waals surface area contributed by atoms with Crippen LogP contribution in [0, 0.1) is 11.3 Å². The van der Waals surface area contributed by atoms with Crippen molar-refractivity contribution in [1.82, 2.24) is 4.98 Å². The Kier molecular flexibility index (Phi) is 4.15. The van der Waals surface area contributed by atoms with Gasteiger partial charge < -0.3 is 5.73 Å². The van der Waals surface area contributed by atoms with E-state index in [0.29, 0.717) is 16.8 Å². The van der Waals surface area contributed by atoms with E-state index in [1.807, 2.05) is 36.4 Å². The van der Waals surface area contributed by atoms with Crippen molar-refractivity contribution < 1.29 is 13.2 Å². The van der Waals surface area contributed by atoms with Crippen LogP contribution >= 0.6 is 0 Å². The number of pyridine rings is 1. The van der Waals surface area contributed by atoms with Gasteiger partial charge in [-0.15, -0.1) is 0 Å². The predicted molar refractivity (Wildman–Crippen MR) is 89.2 cm³/mol. The van der Waals surface area contributed by atoms with E-state index in [2.05, 4.69) is 4.98 Å². The molecule has 6 heteroatoms. The Morgan fingerprint density at radius 2 is 1.56 bits per heavy atom. The van der Waals surface area contributed by atoms with Crippen LogP contribution in [0.4, 0.5) is 19.0 Å². The number of alkyl halides is 3. The van der Waals surface area contributed by atoms with Crippen molar-refractivity contribution in [3.63, 3.8) is 0 Å². The van der Waals surface area contributed by atoms with Crippen LogP contribution in [0.15, 0.2) is 60.7 Å². The van der Waals surface area contributed by atoms with Gasteiger partial charge in [-0.2, -0.15) is 18.4 Å². The molecule has 0 aliphatic carbocycles. The molecule has 3 aromatic rings. The van der Waals surface area contributed by atoms with Crippen LogP contribution in [0.2, 0.25) is 0 Å². The van der Waals surface area contributed by atoms with Crippen molar-refractivity contribution in [2.75, 3.05) is 5.73 Å². The van der Waals surface area contributed by atoms with E-state index in [1.165, 1.54) is 12.1 Å². The first kappa shape index (κ1) is 16.5. The number of aromatic nitrogens is 1. The Bertz CT molecular complexity index is 941. The quantitative estimate of drug-likeness (QED) is 0.723. The maximum absolute atomic E-state index is 12.7. The van der Waals surface area contributed by atoms with Crippen molar-refractivity contribution in [2.24, 2.45) is 0 Å². The number of hydrogen-bond donors (Lipinski definition) is 1. The van der Waals surface area contributed by atoms with Gasteiger partial charge in [0.25, 0.3) is 0 Å². The van der Waals surface area contributed by atoms with Gasteiger partial charge in [0.05, 0.1) is 11.3 Å². The molecular formula is C19H12F3N3. The lowest BCUT2D eigenvalue weighted by Gasteiger charge is -2.12. The highest BCUT2D eigenvalue weighted by molar-refractivity contribution is 5.80. The summed E-state index contributed by atoms with van der Waals surface area (Å²) in [6.07, 6.45) is -4.41. The third-order valence-electron chi connectivity index (χ3n) is 3.75. The van der Waals surface area contributed by atoms with E-state index >= 15 is 0 Å². The summed E-state index contributed by atoms with van der Waals surface area (Å²) in [5, 5.41) is 9.36. The summed E-state index contributed by atoms with van der Waals surface area (Å²) in [4.78, 5) is 4.23. The third-order valence-corrected chi connectivity index (χ3v) is 3.75. The number of anilines is 1. The van der Waals surface area contributed by atoms with E-state index in [4.69, 9.17) is 5.73 Å². The highest BCUT2D eigenvalue weighted by Crippen LogP contribution is 2.34. The van der Waals surface area contributed by atoms with E-state index in [0.717, 1.165) is 17.7 Å². The molecule has 124 valence electrons. The molecule has 2 aromatic carbocycles. The van der Waals surface area contributed by atoms with Gasteiger partial charge in [0.1, 0.15) is 17.5 Å². The molecule has 0 saturated carbocycles. The average Bonchev–Trinajstić information content (AvgIpc) is 2.61. The van der Waals surface area contributed by atoms with Gasteiger partial charge in [-0.1, -0.05) is 42.5 Å². The van der Waals surface area contributed by atoms with E-state index in [1.54, 1.807) is 6.07 Å². The van der Waals surface area contributed by atoms with Crippen molar-refractivity contribution >= 4 is 5.82 Å². The number of benzene rings is 2. The zero-order valence-corrected chi connectivity index (χ0v) is 12.9. The fourth-order valence-corrected chi connectivity index (χ4v) is 2.51. The number of halogens is 3. The topological polar surface area (TPSA) is 62.7 Å². The average molecular weight is 339 g/mol. The molecule has 0 atom stereocenters. The number of nitriles is 1. The molecule has 3 rings (SSSR count). The normalized spacial score (nSPS) is 11.1. The monoisotopic (exact) mass is 339 g/mol. The van der Waals surface area contributed by atoms with Crippen LogP contribution in [-0.4, -0.2) is 4.98 Å². The standard InChI is InChI=1S/C19H12F3N3/c20-19(21,22)14-8-6-12(7-9-14)15-10-17(13-4-2-1-3-5-13)25-18(24)16(15)11-23/h1-10H,(H2,24,25). The SMILES string of the molecule is N#Cc1c(-c2ccc(C(F)(F)F)cc2)cc(-c2ccccc2)nc1N. The maximum atomic E-state index is 12.7. The number of rotatable bonds is 2. The molecule has 0 aliphatic heterocycles. The first-order valence-corrected chi connectivity index (χ1v) is 7.34. The van der Waals surface area contributed by atoms with E-state index in [-0.39, 0.29) is 11.4 Å². The molecule has 0 unspecified atom stereocenters. The molecule has 0 bridgehead atoms. The van der Waals surface area contributed by atoms with Gasteiger partial charge in [0.15, 0.2) is 0 Å². The molecule has 3 nitrogen and oxygen atoms in total. The van der Waals surface area contributed by atoms with Gasteiger partial charge in [-0.25, -0.2) is 4.98 Å². The molecule has 0 saturated heterocycles. The van der Waals surface area contributed by atoms with Gasteiger partial charge in [0.2, 0.25) is 0 Å². The zero-order chi connectivity index (χ0) is 18.0. The fraction of sp³-hybridized carbons (Fsp3) is 0.0526. The van der Waals surface area contributed by atoms with E-state index < -0.39 is 11.7 Å². The van der Waals surface area contributed by atoms with E-state index in [9.17, 15) is 18.4 Å². The summed E-state index contributed by atoms with van der Waals surface area (Å²) in [6, 6.07) is 17.5. The molecule has 0 aliphatic rings. The Balaban J connectivity index is 2.15. The van der Waals surface area contributed by atoms with Gasteiger partial charge in [-0.05, 0) is 23.8 Å². The smallest absolute Gasteiger partial charge is 0.383 e. The van der Waals surface area contributed by atoms with Crippen LogP contribution in [0.25, 0.3) is 22.4 Å². The molecule has 0 radical (unpaired) electrons. The largest absolute Gasteiger partial charge is 0.416 e. The minimum Gasteiger partial charge on any atom is -0.383 e. The molecule has 2 N–H and O–H groups in total. The van der Waals surface area contributed by atoms with Gasteiger partial charge >= 0.3 is 6.18 Å². The first-order valence-electron chi connectivity index (χ1n) is 7.34. The van der Waals surface area contributed by atoms with Crippen molar-refractivity contribution in [3.8, 4) is 28.5 Å². The molecule has 25 heavy (non-hydrogen) atoms. The molecule has 0 amide bonds. The summed E-state index contributed by atoms with van der Waals surface area (Å²) in [5.74, 6) is 0.0405. The Hall–Kier alpha value is -3.33. The summed E-state index contributed by atoms with van der Waals surface area (Å²) in [7, 11) is 0. The van der Waals surface area contributed by atoms with Crippen LogP contribution < -0.4 is 5.73 Å². The predicted octanol–water partition coefficient (Wildman–Crippen LogP) is 4.89. The lowest BCUT2D eigenvalue weighted by atomic mass is 9.97. The van der Waals surface area contributed by atoms with Gasteiger partial charge in [-0.3, -0.25) is 0 Å². The number of nitrogens with zero attached hydrogens (tertiary/aromatic N) is 2. The lowest BCUT2D eigenvalue weighted by Crippen LogP contribution is -2.04. The fourth-order valence-electron chi connectivity index (χ4n) is 2.51. The Labute approximate surface area is 142 Å². The first-order chi connectivity index (χ1) is 11.9. The molecule has 1 aromatic heterocycles. The van der Waals surface area contributed by atoms with Crippen molar-refractivity contribution in [3.05, 3.63) is 71.8 Å². The minimum absolute atomic E-state index is 0.0405. The van der Waals surface area contributed by atoms with Crippen LogP contribution in [-0.2, 0) is 6.18 Å². The number of hydrogen-bond acceptors (Lipinski definition) is 3. The van der Waals surface area contributed by atoms with Gasteiger partial charge in [0, 0.05) is 11.1 Å². The Morgan fingerprint density at radius 3 is 2.12 bits per heavy atom. The molecule has 0 spiro atoms. The third kappa shape index (κ3) is 3.31. The highest BCUT2D eigenvalue weighted by atomic mass is 19.4. The maximum Gasteiger partial charge on any atom is 0.416 e. The minimum atomic E-state index is -4.41. The Morgan fingerprint density at radius 1 is 0.920 bits per heavy atom. The summed E-state index contributed by atoms with van der Waals surface area (Å²) >= 11 is 0. The second-order valence-corrected chi connectivity index (χ2v) is 5.37.